The van der Waals surface area contributed by atoms with E-state index in [9.17, 15) is 4.79 Å². The van der Waals surface area contributed by atoms with E-state index >= 15 is 0 Å². The lowest BCUT2D eigenvalue weighted by Gasteiger charge is -2.39. The van der Waals surface area contributed by atoms with Crippen molar-refractivity contribution in [3.05, 3.63) is 59.5 Å². The zero-order valence-electron chi connectivity index (χ0n) is 23.9. The van der Waals surface area contributed by atoms with Crippen LogP contribution >= 0.6 is 0 Å². The Morgan fingerprint density at radius 2 is 1.95 bits per heavy atom. The van der Waals surface area contributed by atoms with Crippen molar-refractivity contribution in [2.24, 2.45) is 5.92 Å². The molecule has 3 heterocycles. The molecule has 0 bridgehead atoms. The quantitative estimate of drug-likeness (QED) is 0.437. The number of nitrogens with zero attached hydrogens (tertiary/aromatic N) is 3. The molecule has 208 valence electrons. The van der Waals surface area contributed by atoms with Gasteiger partial charge in [-0.05, 0) is 56.3 Å². The van der Waals surface area contributed by atoms with Crippen molar-refractivity contribution in [3.8, 4) is 22.9 Å². The minimum absolute atomic E-state index is 0.0781. The summed E-state index contributed by atoms with van der Waals surface area (Å²) in [4.78, 5) is 20.3. The lowest BCUT2D eigenvalue weighted by Crippen LogP contribution is -2.46. The first-order chi connectivity index (χ1) is 18.5. The summed E-state index contributed by atoms with van der Waals surface area (Å²) in [6.07, 6.45) is 2.51. The normalized spacial score (nSPS) is 21.1. The molecule has 0 spiro atoms. The van der Waals surface area contributed by atoms with Gasteiger partial charge in [0.05, 0.1) is 25.6 Å². The van der Waals surface area contributed by atoms with Gasteiger partial charge in [0.25, 0.3) is 0 Å². The SMILES string of the molecule is COc1ccc2c(c1)OC(C)(C)CC2NC(=O)C1CCCN(Cc2nc(-c3ccc(C(C)(C)C)cc3)no2)C1. The summed E-state index contributed by atoms with van der Waals surface area (Å²) in [5.41, 5.74) is 2.89. The number of likely N-dealkylation sites (tertiary alicyclic amines) is 1. The number of carbonyl (C=O) groups excluding carboxylic acids is 1. The van der Waals surface area contributed by atoms with Crippen LogP contribution in [0.4, 0.5) is 0 Å². The van der Waals surface area contributed by atoms with E-state index in [2.05, 4.69) is 67.1 Å². The predicted octanol–water partition coefficient (Wildman–Crippen LogP) is 5.67. The molecule has 8 nitrogen and oxygen atoms in total. The Bertz CT molecular complexity index is 1310. The molecule has 1 N–H and O–H groups in total. The standard InChI is InChI=1S/C31H40N4O4/c1-30(2,3)22-11-9-20(10-12-22)28-33-27(39-34-28)19-35-15-7-8-21(18-35)29(36)32-25-17-31(4,5)38-26-16-23(37-6)13-14-24(25)26/h9-14,16,21,25H,7-8,15,17-19H2,1-6H3,(H,32,36). The molecule has 2 aromatic carbocycles. The molecule has 1 amide bonds. The van der Waals surface area contributed by atoms with Crippen LogP contribution in [0.3, 0.4) is 0 Å². The third-order valence-electron chi connectivity index (χ3n) is 7.71. The minimum atomic E-state index is -0.390. The number of rotatable bonds is 6. The maximum absolute atomic E-state index is 13.4. The lowest BCUT2D eigenvalue weighted by atomic mass is 9.87. The van der Waals surface area contributed by atoms with Gasteiger partial charge in [-0.25, -0.2) is 0 Å². The van der Waals surface area contributed by atoms with Crippen molar-refractivity contribution in [1.82, 2.24) is 20.4 Å². The van der Waals surface area contributed by atoms with E-state index in [1.807, 2.05) is 30.3 Å². The highest BCUT2D eigenvalue weighted by Crippen LogP contribution is 2.41. The van der Waals surface area contributed by atoms with Gasteiger partial charge < -0.3 is 19.3 Å². The molecule has 0 saturated carbocycles. The fraction of sp³-hybridized carbons (Fsp3) is 0.516. The fourth-order valence-electron chi connectivity index (χ4n) is 5.54. The van der Waals surface area contributed by atoms with Gasteiger partial charge >= 0.3 is 0 Å². The van der Waals surface area contributed by atoms with Crippen LogP contribution in [-0.4, -0.2) is 46.7 Å². The number of amides is 1. The average Bonchev–Trinajstić information content (AvgIpc) is 3.35. The number of hydrogen-bond acceptors (Lipinski definition) is 7. The van der Waals surface area contributed by atoms with Gasteiger partial charge in [0, 0.05) is 30.2 Å². The summed E-state index contributed by atoms with van der Waals surface area (Å²) in [6.45, 7) is 12.8. The Hall–Kier alpha value is -3.39. The molecular formula is C31H40N4O4. The second-order valence-electron chi connectivity index (χ2n) is 12.4. The predicted molar refractivity (Wildman–Crippen MR) is 150 cm³/mol. The Labute approximate surface area is 231 Å². The second-order valence-corrected chi connectivity index (χ2v) is 12.4. The highest BCUT2D eigenvalue weighted by Gasteiger charge is 2.36. The van der Waals surface area contributed by atoms with Crippen LogP contribution in [0.2, 0.25) is 0 Å². The van der Waals surface area contributed by atoms with Gasteiger partial charge in [0.1, 0.15) is 17.1 Å². The van der Waals surface area contributed by atoms with Gasteiger partial charge in [-0.15, -0.1) is 0 Å². The first-order valence-corrected chi connectivity index (χ1v) is 13.8. The summed E-state index contributed by atoms with van der Waals surface area (Å²) < 4.78 is 17.2. The van der Waals surface area contributed by atoms with E-state index in [-0.39, 0.29) is 23.3 Å². The summed E-state index contributed by atoms with van der Waals surface area (Å²) in [5.74, 6) is 2.65. The van der Waals surface area contributed by atoms with Crippen LogP contribution in [0.25, 0.3) is 11.4 Å². The fourth-order valence-corrected chi connectivity index (χ4v) is 5.54. The molecule has 3 aromatic rings. The third-order valence-corrected chi connectivity index (χ3v) is 7.71. The van der Waals surface area contributed by atoms with Crippen LogP contribution in [-0.2, 0) is 16.8 Å². The topological polar surface area (TPSA) is 89.7 Å². The molecule has 0 aliphatic carbocycles. The number of fused-ring (bicyclic) bond motifs is 1. The number of methoxy groups -OCH3 is 1. The number of hydrogen-bond donors (Lipinski definition) is 1. The molecule has 2 aliphatic heterocycles. The summed E-state index contributed by atoms with van der Waals surface area (Å²) >= 11 is 0. The van der Waals surface area contributed by atoms with E-state index in [0.717, 1.165) is 42.0 Å². The van der Waals surface area contributed by atoms with E-state index < -0.39 is 5.60 Å². The summed E-state index contributed by atoms with van der Waals surface area (Å²) in [7, 11) is 1.64. The Balaban J connectivity index is 1.22. The molecular weight excluding hydrogens is 492 g/mol. The van der Waals surface area contributed by atoms with Crippen LogP contribution in [0, 0.1) is 5.92 Å². The number of piperidine rings is 1. The largest absolute Gasteiger partial charge is 0.497 e. The first-order valence-electron chi connectivity index (χ1n) is 13.8. The number of carbonyl (C=O) groups is 1. The lowest BCUT2D eigenvalue weighted by molar-refractivity contribution is -0.128. The van der Waals surface area contributed by atoms with E-state index in [4.69, 9.17) is 14.0 Å². The molecule has 2 aliphatic rings. The first kappa shape index (κ1) is 27.2. The van der Waals surface area contributed by atoms with Crippen LogP contribution in [0.15, 0.2) is 47.0 Å². The monoisotopic (exact) mass is 532 g/mol. The highest BCUT2D eigenvalue weighted by molar-refractivity contribution is 5.79. The van der Waals surface area contributed by atoms with Crippen molar-refractivity contribution in [2.45, 2.75) is 77.5 Å². The van der Waals surface area contributed by atoms with Gasteiger partial charge in [0.15, 0.2) is 0 Å². The molecule has 5 rings (SSSR count). The molecule has 8 heteroatoms. The zero-order valence-corrected chi connectivity index (χ0v) is 23.9. The van der Waals surface area contributed by atoms with E-state index in [1.165, 1.54) is 5.56 Å². The Morgan fingerprint density at radius 3 is 2.67 bits per heavy atom. The van der Waals surface area contributed by atoms with Crippen molar-refractivity contribution in [2.75, 3.05) is 20.2 Å². The molecule has 2 atom stereocenters. The molecule has 0 radical (unpaired) electrons. The van der Waals surface area contributed by atoms with Gasteiger partial charge in [0.2, 0.25) is 17.6 Å². The number of nitrogens with one attached hydrogen (secondary N) is 1. The van der Waals surface area contributed by atoms with Crippen molar-refractivity contribution in [3.63, 3.8) is 0 Å². The number of benzene rings is 2. The highest BCUT2D eigenvalue weighted by atomic mass is 16.5. The Morgan fingerprint density at radius 1 is 1.18 bits per heavy atom. The minimum Gasteiger partial charge on any atom is -0.497 e. The van der Waals surface area contributed by atoms with E-state index in [0.29, 0.717) is 31.2 Å². The number of ether oxygens (including phenoxy) is 2. The van der Waals surface area contributed by atoms with Gasteiger partial charge in [-0.2, -0.15) is 4.98 Å². The molecule has 2 unspecified atom stereocenters. The van der Waals surface area contributed by atoms with Crippen molar-refractivity contribution < 1.29 is 18.8 Å². The van der Waals surface area contributed by atoms with Crippen LogP contribution in [0.1, 0.15) is 76.9 Å². The molecule has 1 aromatic heterocycles. The van der Waals surface area contributed by atoms with Crippen LogP contribution in [0.5, 0.6) is 11.5 Å². The molecule has 39 heavy (non-hydrogen) atoms. The van der Waals surface area contributed by atoms with Crippen LogP contribution < -0.4 is 14.8 Å². The summed E-state index contributed by atoms with van der Waals surface area (Å²) in [5, 5.41) is 7.53. The van der Waals surface area contributed by atoms with Gasteiger partial charge in [-0.1, -0.05) is 50.2 Å². The zero-order chi connectivity index (χ0) is 27.8. The summed E-state index contributed by atoms with van der Waals surface area (Å²) in [6, 6.07) is 14.0. The smallest absolute Gasteiger partial charge is 0.241 e. The third kappa shape index (κ3) is 6.27. The van der Waals surface area contributed by atoms with Crippen molar-refractivity contribution >= 4 is 5.91 Å². The average molecular weight is 533 g/mol. The van der Waals surface area contributed by atoms with E-state index in [1.54, 1.807) is 7.11 Å². The van der Waals surface area contributed by atoms with Gasteiger partial charge in [-0.3, -0.25) is 9.69 Å². The Kier molecular flexibility index (Phi) is 7.42. The molecule has 1 fully saturated rings. The molecule has 1 saturated heterocycles. The maximum Gasteiger partial charge on any atom is 0.241 e. The maximum atomic E-state index is 13.4. The number of aromatic nitrogens is 2. The second kappa shape index (κ2) is 10.6. The van der Waals surface area contributed by atoms with Crippen molar-refractivity contribution in [1.29, 1.82) is 0 Å².